The first-order chi connectivity index (χ1) is 14.0. The molecule has 3 saturated carbocycles. The number of aliphatic hydroxyl groups excluding tert-OH is 1. The predicted octanol–water partition coefficient (Wildman–Crippen LogP) is 5.46. The molecule has 0 amide bonds. The van der Waals surface area contributed by atoms with E-state index in [-0.39, 0.29) is 29.0 Å². The van der Waals surface area contributed by atoms with Crippen LogP contribution in [0.2, 0.25) is 0 Å². The lowest BCUT2D eigenvalue weighted by Crippen LogP contribution is -2.51. The van der Waals surface area contributed by atoms with Crippen LogP contribution in [0.25, 0.3) is 0 Å². The minimum absolute atomic E-state index is 0.0533. The molecule has 0 saturated heterocycles. The van der Waals surface area contributed by atoms with Crippen molar-refractivity contribution in [2.24, 2.45) is 34.5 Å². The van der Waals surface area contributed by atoms with Gasteiger partial charge in [0.25, 0.3) is 5.78 Å². The van der Waals surface area contributed by atoms with E-state index in [2.05, 4.69) is 19.9 Å². The Balaban J connectivity index is 1.48. The summed E-state index contributed by atoms with van der Waals surface area (Å²) in [5.74, 6) is 0.171. The fourth-order valence-electron chi connectivity index (χ4n) is 7.86. The molecule has 0 aromatic heterocycles. The summed E-state index contributed by atoms with van der Waals surface area (Å²) in [6.07, 6.45) is 5.04. The van der Waals surface area contributed by atoms with Crippen LogP contribution in [0.4, 0.5) is 13.2 Å². The smallest absolute Gasteiger partial charge is 0.393 e. The predicted molar refractivity (Wildman–Crippen MR) is 108 cm³/mol. The number of carbonyl (C=O) groups is 1. The standard InChI is InChI=1S/C24H35F3O3/c1-14(30-13-21(29)24(25,26)27)18-6-7-19-17-5-4-15-12-16(28)8-10-22(15,2)20(17)9-11-23(18,19)3/h4,14,16-20,28H,5-13H2,1-3H3/t14-,16?,17?,18?,19?,20?,22?,23?/m0/s1. The van der Waals surface area contributed by atoms with Crippen molar-refractivity contribution in [1.82, 2.24) is 0 Å². The van der Waals surface area contributed by atoms with Gasteiger partial charge in [-0.25, -0.2) is 0 Å². The van der Waals surface area contributed by atoms with E-state index in [0.717, 1.165) is 51.4 Å². The fraction of sp³-hybridized carbons (Fsp3) is 0.875. The molecular weight excluding hydrogens is 393 g/mol. The number of carbonyl (C=O) groups excluding carboxylic acids is 1. The first-order valence-corrected chi connectivity index (χ1v) is 11.6. The SMILES string of the molecule is C[C@H](OCC(=O)C(F)(F)F)C1CCC2C3CC=C4CC(O)CCC4(C)C3CCC21C. The Bertz CT molecular complexity index is 717. The molecule has 0 aromatic rings. The minimum atomic E-state index is -4.82. The molecule has 3 nitrogen and oxygen atoms in total. The second kappa shape index (κ2) is 7.61. The summed E-state index contributed by atoms with van der Waals surface area (Å²) in [5, 5.41) is 10.1. The molecule has 0 spiro atoms. The van der Waals surface area contributed by atoms with E-state index in [1.54, 1.807) is 0 Å². The molecule has 6 heteroatoms. The van der Waals surface area contributed by atoms with E-state index in [1.165, 1.54) is 5.57 Å². The Morgan fingerprint density at radius 2 is 1.93 bits per heavy atom. The molecule has 1 N–H and O–H groups in total. The van der Waals surface area contributed by atoms with Gasteiger partial charge in [0.1, 0.15) is 6.61 Å². The largest absolute Gasteiger partial charge is 0.452 e. The summed E-state index contributed by atoms with van der Waals surface area (Å²) in [4.78, 5) is 11.3. The Morgan fingerprint density at radius 3 is 2.63 bits per heavy atom. The van der Waals surface area contributed by atoms with Gasteiger partial charge in [0.05, 0.1) is 12.2 Å². The van der Waals surface area contributed by atoms with Crippen molar-refractivity contribution in [2.45, 2.75) is 90.5 Å². The highest BCUT2D eigenvalue weighted by Crippen LogP contribution is 2.66. The molecule has 4 aliphatic carbocycles. The fourth-order valence-corrected chi connectivity index (χ4v) is 7.86. The van der Waals surface area contributed by atoms with Crippen LogP contribution in [-0.4, -0.2) is 35.9 Å². The number of Topliss-reactive ketones (excluding diaryl/α,β-unsaturated/α-hetero) is 1. The van der Waals surface area contributed by atoms with Gasteiger partial charge in [0.15, 0.2) is 0 Å². The maximum atomic E-state index is 12.6. The molecular formula is C24H35F3O3. The zero-order chi connectivity index (χ0) is 21.9. The lowest BCUT2D eigenvalue weighted by Gasteiger charge is -2.58. The topological polar surface area (TPSA) is 46.5 Å². The van der Waals surface area contributed by atoms with E-state index < -0.39 is 18.6 Å². The first kappa shape index (κ1) is 22.3. The average molecular weight is 429 g/mol. The molecule has 0 aromatic carbocycles. The summed E-state index contributed by atoms with van der Waals surface area (Å²) in [7, 11) is 0. The van der Waals surface area contributed by atoms with Crippen molar-refractivity contribution in [3.63, 3.8) is 0 Å². The lowest BCUT2D eigenvalue weighted by molar-refractivity contribution is -0.178. The van der Waals surface area contributed by atoms with E-state index in [9.17, 15) is 23.1 Å². The molecule has 7 unspecified atom stereocenters. The van der Waals surface area contributed by atoms with Crippen LogP contribution in [0, 0.1) is 34.5 Å². The number of fused-ring (bicyclic) bond motifs is 5. The second-order valence-electron chi connectivity index (χ2n) is 10.8. The first-order valence-electron chi connectivity index (χ1n) is 11.6. The van der Waals surface area contributed by atoms with E-state index in [0.29, 0.717) is 17.8 Å². The van der Waals surface area contributed by atoms with Crippen LogP contribution in [0.1, 0.15) is 72.1 Å². The third-order valence-electron chi connectivity index (χ3n) is 9.51. The number of halogens is 3. The Morgan fingerprint density at radius 1 is 1.20 bits per heavy atom. The van der Waals surface area contributed by atoms with Crippen LogP contribution >= 0.6 is 0 Å². The molecule has 0 bridgehead atoms. The number of hydrogen-bond acceptors (Lipinski definition) is 3. The van der Waals surface area contributed by atoms with Gasteiger partial charge in [-0.05, 0) is 92.8 Å². The maximum absolute atomic E-state index is 12.6. The minimum Gasteiger partial charge on any atom is -0.393 e. The Kier molecular flexibility index (Phi) is 5.66. The van der Waals surface area contributed by atoms with Crippen molar-refractivity contribution >= 4 is 5.78 Å². The quantitative estimate of drug-likeness (QED) is 0.605. The van der Waals surface area contributed by atoms with E-state index in [4.69, 9.17) is 4.74 Å². The summed E-state index contributed by atoms with van der Waals surface area (Å²) in [5.41, 5.74) is 1.68. The lowest BCUT2D eigenvalue weighted by atomic mass is 9.47. The Hall–Kier alpha value is -0.880. The average Bonchev–Trinajstić information content (AvgIpc) is 3.03. The summed E-state index contributed by atoms with van der Waals surface area (Å²) in [6, 6.07) is 0. The number of ether oxygens (including phenoxy) is 1. The van der Waals surface area contributed by atoms with Gasteiger partial charge in [-0.2, -0.15) is 13.2 Å². The van der Waals surface area contributed by atoms with Gasteiger partial charge >= 0.3 is 6.18 Å². The van der Waals surface area contributed by atoms with Crippen LogP contribution in [0.5, 0.6) is 0 Å². The molecule has 3 fully saturated rings. The van der Waals surface area contributed by atoms with Gasteiger partial charge in [-0.3, -0.25) is 4.79 Å². The molecule has 30 heavy (non-hydrogen) atoms. The van der Waals surface area contributed by atoms with Crippen LogP contribution in [-0.2, 0) is 9.53 Å². The number of aliphatic hydroxyl groups is 1. The second-order valence-corrected chi connectivity index (χ2v) is 10.8. The summed E-state index contributed by atoms with van der Waals surface area (Å²) >= 11 is 0. The molecule has 0 heterocycles. The molecule has 8 atom stereocenters. The zero-order valence-electron chi connectivity index (χ0n) is 18.3. The number of alkyl halides is 3. The Labute approximate surface area is 177 Å². The van der Waals surface area contributed by atoms with E-state index in [1.807, 2.05) is 6.92 Å². The normalized spacial score (nSPS) is 44.5. The van der Waals surface area contributed by atoms with Crippen molar-refractivity contribution in [3.8, 4) is 0 Å². The van der Waals surface area contributed by atoms with Gasteiger partial charge in [-0.15, -0.1) is 0 Å². The number of hydrogen-bond donors (Lipinski definition) is 1. The molecule has 170 valence electrons. The molecule has 4 rings (SSSR count). The van der Waals surface area contributed by atoms with Crippen LogP contribution in [0.3, 0.4) is 0 Å². The van der Waals surface area contributed by atoms with Gasteiger partial charge in [0.2, 0.25) is 0 Å². The molecule has 0 radical (unpaired) electrons. The number of allylic oxidation sites excluding steroid dienone is 1. The van der Waals surface area contributed by atoms with E-state index >= 15 is 0 Å². The number of rotatable bonds is 4. The van der Waals surface area contributed by atoms with Crippen molar-refractivity contribution in [2.75, 3.05) is 6.61 Å². The van der Waals surface area contributed by atoms with Gasteiger partial charge in [0, 0.05) is 0 Å². The zero-order valence-corrected chi connectivity index (χ0v) is 18.3. The van der Waals surface area contributed by atoms with Crippen molar-refractivity contribution < 1.29 is 27.8 Å². The monoisotopic (exact) mass is 428 g/mol. The highest BCUT2D eigenvalue weighted by Gasteiger charge is 2.59. The van der Waals surface area contributed by atoms with Crippen molar-refractivity contribution in [3.05, 3.63) is 11.6 Å². The highest BCUT2D eigenvalue weighted by molar-refractivity contribution is 5.85. The van der Waals surface area contributed by atoms with Crippen LogP contribution in [0.15, 0.2) is 11.6 Å². The summed E-state index contributed by atoms with van der Waals surface area (Å²) in [6.45, 7) is 5.67. The summed E-state index contributed by atoms with van der Waals surface area (Å²) < 4.78 is 43.1. The maximum Gasteiger partial charge on any atom is 0.452 e. The van der Waals surface area contributed by atoms with Crippen LogP contribution < -0.4 is 0 Å². The van der Waals surface area contributed by atoms with Gasteiger partial charge in [-0.1, -0.05) is 25.5 Å². The molecule has 0 aliphatic heterocycles. The third-order valence-corrected chi connectivity index (χ3v) is 9.51. The molecule has 4 aliphatic rings. The number of ketones is 1. The highest BCUT2D eigenvalue weighted by atomic mass is 19.4. The van der Waals surface area contributed by atoms with Crippen molar-refractivity contribution in [1.29, 1.82) is 0 Å². The van der Waals surface area contributed by atoms with Gasteiger partial charge < -0.3 is 9.84 Å². The third kappa shape index (κ3) is 3.56.